The number of aromatic amines is 2. The number of benzene rings is 1. The molecule has 0 aliphatic rings. The minimum Gasteiger partial charge on any atom is -0.292 e. The summed E-state index contributed by atoms with van der Waals surface area (Å²) >= 11 is 1.53. The van der Waals surface area contributed by atoms with Crippen LogP contribution in [0.3, 0.4) is 0 Å². The molecule has 0 fully saturated rings. The van der Waals surface area contributed by atoms with Crippen LogP contribution in [-0.4, -0.2) is 24.6 Å². The summed E-state index contributed by atoms with van der Waals surface area (Å²) in [5.74, 6) is 1.08. The summed E-state index contributed by atoms with van der Waals surface area (Å²) in [6.45, 7) is 1.90. The average Bonchev–Trinajstić information content (AvgIpc) is 3.16. The van der Waals surface area contributed by atoms with Crippen molar-refractivity contribution in [3.05, 3.63) is 57.8 Å². The second-order valence-corrected chi connectivity index (χ2v) is 6.32. The first-order valence-corrected chi connectivity index (χ1v) is 8.23. The lowest BCUT2D eigenvalue weighted by Gasteiger charge is -2.09. The van der Waals surface area contributed by atoms with Crippen molar-refractivity contribution in [3.63, 3.8) is 0 Å². The normalized spacial score (nSPS) is 11.2. The maximum atomic E-state index is 11.2. The summed E-state index contributed by atoms with van der Waals surface area (Å²) in [6.07, 6.45) is 0. The summed E-state index contributed by atoms with van der Waals surface area (Å²) in [4.78, 5) is 18.4. The van der Waals surface area contributed by atoms with Gasteiger partial charge < -0.3 is 0 Å². The predicted molar refractivity (Wildman–Crippen MR) is 90.9 cm³/mol. The Morgan fingerprint density at radius 3 is 2.96 bits per heavy atom. The van der Waals surface area contributed by atoms with Crippen LogP contribution in [0.5, 0.6) is 0 Å². The molecule has 4 aromatic rings. The van der Waals surface area contributed by atoms with Gasteiger partial charge in [-0.3, -0.25) is 9.38 Å². The maximum absolute atomic E-state index is 11.2. The molecule has 3 aromatic heterocycles. The number of hydrogen-bond donors (Lipinski definition) is 2. The molecule has 0 unspecified atom stereocenters. The molecule has 118 valence electrons. The number of aryl methyl sites for hydroxylation is 1. The molecule has 7 nitrogen and oxygen atoms in total. The summed E-state index contributed by atoms with van der Waals surface area (Å²) in [5, 5.41) is 16.7. The zero-order valence-electron chi connectivity index (χ0n) is 12.7. The van der Waals surface area contributed by atoms with Gasteiger partial charge in [-0.15, -0.1) is 0 Å². The minimum atomic E-state index is -0.320. The SMILES string of the molecule is Cc1cc(SCc2n[nH]c(=O)[nH]2)n2c(nc3ccccc32)c1C#N. The summed E-state index contributed by atoms with van der Waals surface area (Å²) < 4.78 is 1.98. The number of aromatic nitrogens is 5. The topological polar surface area (TPSA) is 103 Å². The van der Waals surface area contributed by atoms with E-state index in [-0.39, 0.29) is 5.69 Å². The van der Waals surface area contributed by atoms with Crippen molar-refractivity contribution < 1.29 is 0 Å². The van der Waals surface area contributed by atoms with E-state index in [0.29, 0.717) is 22.8 Å². The van der Waals surface area contributed by atoms with Gasteiger partial charge in [-0.05, 0) is 30.7 Å². The number of pyridine rings is 1. The molecule has 0 radical (unpaired) electrons. The number of nitriles is 1. The minimum absolute atomic E-state index is 0.320. The van der Waals surface area contributed by atoms with Crippen molar-refractivity contribution in [3.8, 4) is 6.07 Å². The molecule has 0 spiro atoms. The Morgan fingerprint density at radius 1 is 1.38 bits per heavy atom. The average molecular weight is 336 g/mol. The van der Waals surface area contributed by atoms with Gasteiger partial charge in [0.25, 0.3) is 0 Å². The third kappa shape index (κ3) is 2.26. The van der Waals surface area contributed by atoms with Crippen molar-refractivity contribution in [2.75, 3.05) is 0 Å². The highest BCUT2D eigenvalue weighted by molar-refractivity contribution is 7.98. The highest BCUT2D eigenvalue weighted by Crippen LogP contribution is 2.30. The third-order valence-electron chi connectivity index (χ3n) is 3.76. The van der Waals surface area contributed by atoms with Crippen LogP contribution in [0.2, 0.25) is 0 Å². The van der Waals surface area contributed by atoms with Crippen molar-refractivity contribution >= 4 is 28.4 Å². The van der Waals surface area contributed by atoms with Crippen LogP contribution in [0.4, 0.5) is 0 Å². The van der Waals surface area contributed by atoms with E-state index in [1.807, 2.05) is 41.7 Å². The molecule has 0 aliphatic heterocycles. The molecular formula is C16H12N6OS. The fourth-order valence-electron chi connectivity index (χ4n) is 2.68. The van der Waals surface area contributed by atoms with E-state index in [9.17, 15) is 10.1 Å². The lowest BCUT2D eigenvalue weighted by Crippen LogP contribution is -2.01. The largest absolute Gasteiger partial charge is 0.340 e. The van der Waals surface area contributed by atoms with Gasteiger partial charge in [0.05, 0.1) is 27.4 Å². The number of para-hydroxylation sites is 2. The highest BCUT2D eigenvalue weighted by atomic mass is 32.2. The fourth-order valence-corrected chi connectivity index (χ4v) is 3.67. The Morgan fingerprint density at radius 2 is 2.21 bits per heavy atom. The Hall–Kier alpha value is -3.05. The molecule has 0 saturated heterocycles. The number of nitrogens with one attached hydrogen (secondary N) is 2. The van der Waals surface area contributed by atoms with Crippen molar-refractivity contribution in [2.24, 2.45) is 0 Å². The lowest BCUT2D eigenvalue weighted by atomic mass is 10.2. The van der Waals surface area contributed by atoms with Gasteiger partial charge in [0.1, 0.15) is 11.9 Å². The first-order valence-electron chi connectivity index (χ1n) is 7.24. The summed E-state index contributed by atoms with van der Waals surface area (Å²) in [7, 11) is 0. The van der Waals surface area contributed by atoms with Crippen molar-refractivity contribution in [1.29, 1.82) is 5.26 Å². The van der Waals surface area contributed by atoms with Crippen molar-refractivity contribution in [1.82, 2.24) is 24.6 Å². The van der Waals surface area contributed by atoms with E-state index >= 15 is 0 Å². The maximum Gasteiger partial charge on any atom is 0.340 e. The second-order valence-electron chi connectivity index (χ2n) is 5.33. The van der Waals surface area contributed by atoms with E-state index in [1.165, 1.54) is 11.8 Å². The van der Waals surface area contributed by atoms with Gasteiger partial charge in [-0.25, -0.2) is 14.9 Å². The summed E-state index contributed by atoms with van der Waals surface area (Å²) in [6, 6.07) is 12.0. The molecule has 1 aromatic carbocycles. The Labute approximate surface area is 140 Å². The van der Waals surface area contributed by atoms with Crippen molar-refractivity contribution in [2.45, 2.75) is 17.7 Å². The highest BCUT2D eigenvalue weighted by Gasteiger charge is 2.15. The van der Waals surface area contributed by atoms with Crippen LogP contribution in [0.25, 0.3) is 16.7 Å². The molecule has 4 rings (SSSR count). The molecule has 24 heavy (non-hydrogen) atoms. The number of imidazole rings is 1. The molecule has 0 saturated carbocycles. The van der Waals surface area contributed by atoms with Crippen LogP contribution in [-0.2, 0) is 5.75 Å². The lowest BCUT2D eigenvalue weighted by molar-refractivity contribution is 1.00. The molecule has 8 heteroatoms. The van der Waals surface area contributed by atoms with E-state index < -0.39 is 0 Å². The van der Waals surface area contributed by atoms with Gasteiger partial charge in [0.15, 0.2) is 5.65 Å². The van der Waals surface area contributed by atoms with Gasteiger partial charge in [0.2, 0.25) is 0 Å². The zero-order chi connectivity index (χ0) is 16.7. The van der Waals surface area contributed by atoms with Gasteiger partial charge in [-0.2, -0.15) is 10.4 Å². The Balaban J connectivity index is 1.91. The van der Waals surface area contributed by atoms with E-state index in [4.69, 9.17) is 0 Å². The zero-order valence-corrected chi connectivity index (χ0v) is 13.5. The number of hydrogen-bond acceptors (Lipinski definition) is 5. The smallest absolute Gasteiger partial charge is 0.292 e. The molecule has 3 heterocycles. The Kier molecular flexibility index (Phi) is 3.36. The number of H-pyrrole nitrogens is 2. The molecular weight excluding hydrogens is 324 g/mol. The third-order valence-corrected chi connectivity index (χ3v) is 4.77. The number of thioether (sulfide) groups is 1. The number of rotatable bonds is 3. The first-order chi connectivity index (χ1) is 11.7. The monoisotopic (exact) mass is 336 g/mol. The quantitative estimate of drug-likeness (QED) is 0.559. The second kappa shape index (κ2) is 5.54. The molecule has 0 aliphatic carbocycles. The van der Waals surface area contributed by atoms with Gasteiger partial charge in [0, 0.05) is 0 Å². The predicted octanol–water partition coefficient (Wildman–Crippen LogP) is 2.37. The van der Waals surface area contributed by atoms with E-state index in [0.717, 1.165) is 21.6 Å². The molecule has 2 N–H and O–H groups in total. The molecule has 0 atom stereocenters. The number of fused-ring (bicyclic) bond motifs is 3. The van der Waals surface area contributed by atoms with E-state index in [2.05, 4.69) is 26.2 Å². The van der Waals surface area contributed by atoms with E-state index in [1.54, 1.807) is 0 Å². The number of nitrogens with zero attached hydrogens (tertiary/aromatic N) is 4. The molecule has 0 bridgehead atoms. The van der Waals surface area contributed by atoms with Crippen LogP contribution in [0.15, 0.2) is 40.2 Å². The molecule has 0 amide bonds. The van der Waals surface area contributed by atoms with Crippen LogP contribution < -0.4 is 5.69 Å². The van der Waals surface area contributed by atoms with Gasteiger partial charge in [-0.1, -0.05) is 23.9 Å². The summed E-state index contributed by atoms with van der Waals surface area (Å²) in [5.41, 5.74) is 3.57. The Bertz CT molecular complexity index is 1160. The van der Waals surface area contributed by atoms with Gasteiger partial charge >= 0.3 is 5.69 Å². The first kappa shape index (κ1) is 14.5. The fraction of sp³-hybridized carbons (Fsp3) is 0.125. The van der Waals surface area contributed by atoms with Crippen LogP contribution >= 0.6 is 11.8 Å². The van der Waals surface area contributed by atoms with Crippen LogP contribution in [0.1, 0.15) is 17.0 Å². The standard InChI is InChI=1S/C16H12N6OS/c1-9-6-14(24-8-13-19-16(23)21-20-13)22-12-5-3-2-4-11(12)18-15(22)10(9)7-17/h2-6H,8H2,1H3,(H2,19,20,21,23). The van der Waals surface area contributed by atoms with Crippen LogP contribution in [0, 0.1) is 18.3 Å².